The van der Waals surface area contributed by atoms with E-state index in [9.17, 15) is 23.1 Å². The Labute approximate surface area is 121 Å². The molecule has 2 rings (SSSR count). The summed E-state index contributed by atoms with van der Waals surface area (Å²) in [6, 6.07) is 5.91. The third-order valence-electron chi connectivity index (χ3n) is 3.68. The molecule has 6 heteroatoms. The zero-order valence-corrected chi connectivity index (χ0v) is 11.7. The number of benzene rings is 1. The first-order chi connectivity index (χ1) is 9.77. The minimum absolute atomic E-state index is 0.536. The van der Waals surface area contributed by atoms with Gasteiger partial charge in [-0.25, -0.2) is 0 Å². The maximum Gasteiger partial charge on any atom is 0.471 e. The minimum atomic E-state index is -4.88. The van der Waals surface area contributed by atoms with Crippen LogP contribution < -0.4 is 5.32 Å². The SMILES string of the molecule is CC(NC(=O)C(F)(F)F)c1ccc(C(O)CC2CC2)cc1. The van der Waals surface area contributed by atoms with Gasteiger partial charge in [0.25, 0.3) is 0 Å². The number of halogens is 3. The molecule has 1 amide bonds. The summed E-state index contributed by atoms with van der Waals surface area (Å²) in [4.78, 5) is 10.9. The van der Waals surface area contributed by atoms with Crippen LogP contribution in [0.15, 0.2) is 24.3 Å². The highest BCUT2D eigenvalue weighted by molar-refractivity contribution is 5.82. The van der Waals surface area contributed by atoms with Crippen molar-refractivity contribution in [2.75, 3.05) is 0 Å². The monoisotopic (exact) mass is 301 g/mol. The first-order valence-corrected chi connectivity index (χ1v) is 6.93. The predicted molar refractivity (Wildman–Crippen MR) is 71.4 cm³/mol. The van der Waals surface area contributed by atoms with Gasteiger partial charge < -0.3 is 10.4 Å². The van der Waals surface area contributed by atoms with Crippen LogP contribution >= 0.6 is 0 Å². The van der Waals surface area contributed by atoms with Crippen molar-refractivity contribution in [1.82, 2.24) is 5.32 Å². The highest BCUT2D eigenvalue weighted by Crippen LogP contribution is 2.37. The topological polar surface area (TPSA) is 49.3 Å². The van der Waals surface area contributed by atoms with Crippen LogP contribution in [-0.2, 0) is 4.79 Å². The number of rotatable bonds is 5. The normalized spacial score (nSPS) is 18.1. The van der Waals surface area contributed by atoms with E-state index in [0.717, 1.165) is 24.8 Å². The second-order valence-corrected chi connectivity index (χ2v) is 5.55. The maximum absolute atomic E-state index is 12.2. The van der Waals surface area contributed by atoms with Gasteiger partial charge in [-0.1, -0.05) is 37.1 Å². The van der Waals surface area contributed by atoms with Crippen molar-refractivity contribution in [2.45, 2.75) is 44.5 Å². The van der Waals surface area contributed by atoms with Gasteiger partial charge in [-0.2, -0.15) is 13.2 Å². The van der Waals surface area contributed by atoms with Crippen molar-refractivity contribution in [3.63, 3.8) is 0 Å². The number of nitrogens with one attached hydrogen (secondary N) is 1. The fourth-order valence-electron chi connectivity index (χ4n) is 2.17. The third-order valence-corrected chi connectivity index (χ3v) is 3.68. The first kappa shape index (κ1) is 15.8. The van der Waals surface area contributed by atoms with Gasteiger partial charge in [0.1, 0.15) is 0 Å². The number of aliphatic hydroxyl groups is 1. The Kier molecular flexibility index (Phi) is 4.56. The van der Waals surface area contributed by atoms with Gasteiger partial charge in [0.05, 0.1) is 12.1 Å². The fourth-order valence-corrected chi connectivity index (χ4v) is 2.17. The average molecular weight is 301 g/mol. The van der Waals surface area contributed by atoms with Crippen LogP contribution in [0, 0.1) is 5.92 Å². The molecule has 0 radical (unpaired) electrons. The highest BCUT2D eigenvalue weighted by atomic mass is 19.4. The van der Waals surface area contributed by atoms with Crippen molar-refractivity contribution in [3.05, 3.63) is 35.4 Å². The molecule has 0 bridgehead atoms. The standard InChI is InChI=1S/C15H18F3NO2/c1-9(19-14(21)15(16,17)18)11-4-6-12(7-5-11)13(20)8-10-2-3-10/h4-7,9-10,13,20H,2-3,8H2,1H3,(H,19,21). The predicted octanol–water partition coefficient (Wildman–Crippen LogP) is 3.26. The van der Waals surface area contributed by atoms with Gasteiger partial charge in [-0.05, 0) is 30.4 Å². The van der Waals surface area contributed by atoms with E-state index in [-0.39, 0.29) is 0 Å². The van der Waals surface area contributed by atoms with Gasteiger partial charge >= 0.3 is 12.1 Å². The summed E-state index contributed by atoms with van der Waals surface area (Å²) in [5, 5.41) is 11.9. The van der Waals surface area contributed by atoms with Crippen molar-refractivity contribution >= 4 is 5.91 Å². The Hall–Kier alpha value is -1.56. The minimum Gasteiger partial charge on any atom is -0.388 e. The van der Waals surface area contributed by atoms with Crippen LogP contribution in [0.5, 0.6) is 0 Å². The molecule has 0 aliphatic heterocycles. The molecule has 0 heterocycles. The van der Waals surface area contributed by atoms with Crippen molar-refractivity contribution in [2.24, 2.45) is 5.92 Å². The van der Waals surface area contributed by atoms with E-state index in [2.05, 4.69) is 0 Å². The Morgan fingerprint density at radius 2 is 1.81 bits per heavy atom. The molecule has 1 aromatic rings. The molecule has 2 unspecified atom stereocenters. The Balaban J connectivity index is 1.95. The highest BCUT2D eigenvalue weighted by Gasteiger charge is 2.39. The molecule has 21 heavy (non-hydrogen) atoms. The van der Waals surface area contributed by atoms with E-state index in [1.165, 1.54) is 6.92 Å². The molecular formula is C15H18F3NO2. The van der Waals surface area contributed by atoms with Crippen molar-refractivity contribution in [1.29, 1.82) is 0 Å². The van der Waals surface area contributed by atoms with E-state index in [1.54, 1.807) is 24.3 Å². The number of hydrogen-bond acceptors (Lipinski definition) is 2. The first-order valence-electron chi connectivity index (χ1n) is 6.93. The largest absolute Gasteiger partial charge is 0.471 e. The number of amides is 1. The summed E-state index contributed by atoms with van der Waals surface area (Å²) in [7, 11) is 0. The molecular weight excluding hydrogens is 283 g/mol. The van der Waals surface area contributed by atoms with Crippen molar-refractivity contribution in [3.8, 4) is 0 Å². The van der Waals surface area contributed by atoms with Gasteiger partial charge in [-0.15, -0.1) is 0 Å². The van der Waals surface area contributed by atoms with Crippen molar-refractivity contribution < 1.29 is 23.1 Å². The number of aliphatic hydroxyl groups excluding tert-OH is 1. The lowest BCUT2D eigenvalue weighted by Gasteiger charge is -2.17. The molecule has 116 valence electrons. The Morgan fingerprint density at radius 3 is 2.29 bits per heavy atom. The second kappa shape index (κ2) is 6.05. The van der Waals surface area contributed by atoms with Crippen LogP contribution in [0.1, 0.15) is 49.5 Å². The van der Waals surface area contributed by atoms with E-state index < -0.39 is 24.2 Å². The summed E-state index contributed by atoms with van der Waals surface area (Å²) < 4.78 is 36.5. The molecule has 1 fully saturated rings. The molecule has 0 saturated heterocycles. The number of hydrogen-bond donors (Lipinski definition) is 2. The number of alkyl halides is 3. The van der Waals surface area contributed by atoms with Crippen LogP contribution in [0.4, 0.5) is 13.2 Å². The lowest BCUT2D eigenvalue weighted by Crippen LogP contribution is -2.38. The Bertz CT molecular complexity index is 495. The third kappa shape index (κ3) is 4.46. The molecule has 1 saturated carbocycles. The zero-order chi connectivity index (χ0) is 15.6. The number of carbonyl (C=O) groups excluding carboxylic acids is 1. The molecule has 3 nitrogen and oxygen atoms in total. The smallest absolute Gasteiger partial charge is 0.388 e. The zero-order valence-electron chi connectivity index (χ0n) is 11.7. The maximum atomic E-state index is 12.2. The van der Waals surface area contributed by atoms with Gasteiger partial charge in [0.15, 0.2) is 0 Å². The lowest BCUT2D eigenvalue weighted by molar-refractivity contribution is -0.174. The molecule has 1 aliphatic rings. The van der Waals surface area contributed by atoms with E-state index in [1.807, 2.05) is 5.32 Å². The van der Waals surface area contributed by atoms with Crippen LogP contribution in [0.25, 0.3) is 0 Å². The van der Waals surface area contributed by atoms with Crippen LogP contribution in [-0.4, -0.2) is 17.2 Å². The summed E-state index contributed by atoms with van der Waals surface area (Å²) >= 11 is 0. The van der Waals surface area contributed by atoms with E-state index in [0.29, 0.717) is 11.5 Å². The Morgan fingerprint density at radius 1 is 1.29 bits per heavy atom. The van der Waals surface area contributed by atoms with Gasteiger partial charge in [0, 0.05) is 0 Å². The summed E-state index contributed by atoms with van der Waals surface area (Å²) in [5.41, 5.74) is 1.31. The summed E-state index contributed by atoms with van der Waals surface area (Å²) in [5.74, 6) is -1.36. The lowest BCUT2D eigenvalue weighted by atomic mass is 10.0. The quantitative estimate of drug-likeness (QED) is 0.877. The molecule has 0 aromatic heterocycles. The van der Waals surface area contributed by atoms with E-state index in [4.69, 9.17) is 0 Å². The molecule has 2 atom stereocenters. The van der Waals surface area contributed by atoms with Gasteiger partial charge in [-0.3, -0.25) is 4.79 Å². The molecule has 1 aliphatic carbocycles. The summed E-state index contributed by atoms with van der Waals surface area (Å²) in [6.07, 6.45) is -2.40. The molecule has 2 N–H and O–H groups in total. The van der Waals surface area contributed by atoms with Crippen LogP contribution in [0.3, 0.4) is 0 Å². The second-order valence-electron chi connectivity index (χ2n) is 5.55. The molecule has 0 spiro atoms. The summed E-state index contributed by atoms with van der Waals surface area (Å²) in [6.45, 7) is 1.49. The fraction of sp³-hybridized carbons (Fsp3) is 0.533. The van der Waals surface area contributed by atoms with Crippen LogP contribution in [0.2, 0.25) is 0 Å². The number of carbonyl (C=O) groups is 1. The van der Waals surface area contributed by atoms with Gasteiger partial charge in [0.2, 0.25) is 0 Å². The molecule has 1 aromatic carbocycles. The van der Waals surface area contributed by atoms with E-state index >= 15 is 0 Å². The average Bonchev–Trinajstić information content (AvgIpc) is 3.21.